The van der Waals surface area contributed by atoms with Gasteiger partial charge in [0.15, 0.2) is 5.78 Å². The molecule has 258 valence electrons. The number of carbonyl (C=O) groups excluding carboxylic acids is 2. The first-order chi connectivity index (χ1) is 23.1. The number of para-hydroxylation sites is 1. The average molecular weight is 700 g/mol. The van der Waals surface area contributed by atoms with Crippen LogP contribution in [0.15, 0.2) is 42.6 Å². The van der Waals surface area contributed by atoms with E-state index in [1.807, 2.05) is 42.8 Å². The fourth-order valence-corrected chi connectivity index (χ4v) is 8.11. The van der Waals surface area contributed by atoms with E-state index in [1.54, 1.807) is 18.3 Å². The molecular formula is C36H44Cl2N4O6. The van der Waals surface area contributed by atoms with Crippen molar-refractivity contribution in [1.82, 2.24) is 14.4 Å². The van der Waals surface area contributed by atoms with Crippen molar-refractivity contribution in [2.24, 2.45) is 13.0 Å². The molecule has 3 aliphatic rings. The SMILES string of the molecule is CCO[C@H]1CCN(C(O[C@H]2CC[C@H](C(=O)O)CC2)(C(=O)Cc2cc(Cl)c(NC(=O)c3cn(C)c4ccccc34)cc2Cl)N2CCCC2)C1. The second-order valence-corrected chi connectivity index (χ2v) is 14.0. The van der Waals surface area contributed by atoms with Gasteiger partial charge in [0.25, 0.3) is 5.91 Å². The first-order valence-electron chi connectivity index (χ1n) is 17.0. The van der Waals surface area contributed by atoms with Gasteiger partial charge in [0.2, 0.25) is 5.85 Å². The summed E-state index contributed by atoms with van der Waals surface area (Å²) in [5.41, 5.74) is 2.34. The molecule has 2 saturated heterocycles. The molecule has 2 N–H and O–H groups in total. The summed E-state index contributed by atoms with van der Waals surface area (Å²) in [4.78, 5) is 44.1. The van der Waals surface area contributed by atoms with Gasteiger partial charge in [-0.25, -0.2) is 0 Å². The molecule has 1 saturated carbocycles. The van der Waals surface area contributed by atoms with Crippen molar-refractivity contribution in [3.63, 3.8) is 0 Å². The molecule has 1 aliphatic carbocycles. The number of amides is 1. The second kappa shape index (κ2) is 14.9. The number of ketones is 1. The Bertz CT molecular complexity index is 1670. The molecule has 2 aromatic carbocycles. The molecule has 3 aromatic rings. The number of aryl methyl sites for hydroxylation is 1. The van der Waals surface area contributed by atoms with E-state index in [-0.39, 0.29) is 35.3 Å². The van der Waals surface area contributed by atoms with Crippen LogP contribution in [0.5, 0.6) is 0 Å². The van der Waals surface area contributed by atoms with Gasteiger partial charge in [0.1, 0.15) is 0 Å². The number of nitrogens with zero attached hydrogens (tertiary/aromatic N) is 3. The maximum Gasteiger partial charge on any atom is 0.306 e. The molecule has 6 rings (SSSR count). The van der Waals surface area contributed by atoms with Gasteiger partial charge in [-0.2, -0.15) is 0 Å². The summed E-state index contributed by atoms with van der Waals surface area (Å²) >= 11 is 13.6. The number of anilines is 1. The maximum absolute atomic E-state index is 14.8. The van der Waals surface area contributed by atoms with Gasteiger partial charge < -0.3 is 24.5 Å². The van der Waals surface area contributed by atoms with E-state index in [9.17, 15) is 19.5 Å². The summed E-state index contributed by atoms with van der Waals surface area (Å²) in [7, 11) is 1.89. The van der Waals surface area contributed by atoms with Crippen molar-refractivity contribution in [2.75, 3.05) is 38.1 Å². The molecular weight excluding hydrogens is 655 g/mol. The molecule has 3 heterocycles. The molecule has 1 unspecified atom stereocenters. The number of ether oxygens (including phenoxy) is 2. The number of likely N-dealkylation sites (tertiary alicyclic amines) is 2. The van der Waals surface area contributed by atoms with Crippen molar-refractivity contribution in [3.8, 4) is 0 Å². The second-order valence-electron chi connectivity index (χ2n) is 13.2. The number of nitrogens with one attached hydrogen (secondary N) is 1. The van der Waals surface area contributed by atoms with Gasteiger partial charge >= 0.3 is 5.97 Å². The smallest absolute Gasteiger partial charge is 0.306 e. The summed E-state index contributed by atoms with van der Waals surface area (Å²) in [6.07, 6.45) is 6.31. The fraction of sp³-hybridized carbons (Fsp3) is 0.528. The molecule has 2 aliphatic heterocycles. The third-order valence-electron chi connectivity index (χ3n) is 10.1. The number of hydrogen-bond acceptors (Lipinski definition) is 7. The van der Waals surface area contributed by atoms with Crippen LogP contribution in [0.2, 0.25) is 10.0 Å². The summed E-state index contributed by atoms with van der Waals surface area (Å²) < 4.78 is 14.9. The Hall–Kier alpha value is -2.99. The van der Waals surface area contributed by atoms with Gasteiger partial charge in [-0.3, -0.25) is 24.2 Å². The number of carboxylic acids is 1. The number of halogens is 2. The van der Waals surface area contributed by atoms with Crippen LogP contribution in [0, 0.1) is 5.92 Å². The lowest BCUT2D eigenvalue weighted by Crippen LogP contribution is -2.67. The van der Waals surface area contributed by atoms with Crippen molar-refractivity contribution in [2.45, 2.75) is 76.3 Å². The molecule has 0 radical (unpaired) electrons. The Balaban J connectivity index is 1.27. The van der Waals surface area contributed by atoms with E-state index in [4.69, 9.17) is 32.7 Å². The van der Waals surface area contributed by atoms with E-state index >= 15 is 0 Å². The van der Waals surface area contributed by atoms with E-state index in [0.717, 1.165) is 30.2 Å². The molecule has 2 atom stereocenters. The molecule has 0 spiro atoms. The molecule has 3 fully saturated rings. The zero-order chi connectivity index (χ0) is 34.0. The van der Waals surface area contributed by atoms with Crippen LogP contribution >= 0.6 is 23.2 Å². The van der Waals surface area contributed by atoms with Gasteiger partial charge in [0.05, 0.1) is 34.4 Å². The standard InChI is InChI=1S/C36H44Cl2N4O6/c1-3-47-26-14-17-42(21-26)36(41-15-6-7-16-41,48-25-12-10-23(11-13-25)35(45)46)33(43)19-24-18-30(38)31(20-29(24)37)39-34(44)28-22-40(2)32-9-5-4-8-27(28)32/h4-5,8-9,18,20,22-23,25-26H,3,6-7,10-17,19,21H2,1-2H3,(H,39,44)(H,45,46)/t23-,25-,26-,36?/m0/s1. The Kier molecular flexibility index (Phi) is 10.8. The van der Waals surface area contributed by atoms with Gasteiger partial charge in [-0.1, -0.05) is 41.4 Å². The van der Waals surface area contributed by atoms with Crippen LogP contribution < -0.4 is 5.32 Å². The van der Waals surface area contributed by atoms with E-state index in [0.29, 0.717) is 80.3 Å². The molecule has 10 nitrogen and oxygen atoms in total. The number of rotatable bonds is 12. The summed E-state index contributed by atoms with van der Waals surface area (Å²) in [5, 5.41) is 13.9. The Labute approximate surface area is 291 Å². The largest absolute Gasteiger partial charge is 0.481 e. The Morgan fingerprint density at radius 2 is 1.69 bits per heavy atom. The van der Waals surface area contributed by atoms with Crippen LogP contribution in [0.4, 0.5) is 5.69 Å². The quantitative estimate of drug-likeness (QED) is 0.224. The first-order valence-corrected chi connectivity index (χ1v) is 17.7. The molecule has 1 amide bonds. The summed E-state index contributed by atoms with van der Waals surface area (Å²) in [6, 6.07) is 10.9. The van der Waals surface area contributed by atoms with Gasteiger partial charge in [0, 0.05) is 68.4 Å². The minimum Gasteiger partial charge on any atom is -0.481 e. The monoisotopic (exact) mass is 698 g/mol. The third kappa shape index (κ3) is 7.02. The lowest BCUT2D eigenvalue weighted by atomic mass is 9.87. The predicted molar refractivity (Wildman–Crippen MR) is 186 cm³/mol. The number of aliphatic carboxylic acids is 1. The number of carboxylic acid groups (broad SMARTS) is 1. The Morgan fingerprint density at radius 1 is 0.958 bits per heavy atom. The van der Waals surface area contributed by atoms with Crippen molar-refractivity contribution >= 4 is 57.5 Å². The van der Waals surface area contributed by atoms with Gasteiger partial charge in [-0.15, -0.1) is 0 Å². The van der Waals surface area contributed by atoms with Crippen LogP contribution in [0.3, 0.4) is 0 Å². The zero-order valence-corrected chi connectivity index (χ0v) is 29.1. The third-order valence-corrected chi connectivity index (χ3v) is 10.8. The molecule has 0 bridgehead atoms. The highest BCUT2D eigenvalue weighted by atomic mass is 35.5. The lowest BCUT2D eigenvalue weighted by molar-refractivity contribution is -0.253. The topological polar surface area (TPSA) is 113 Å². The predicted octanol–water partition coefficient (Wildman–Crippen LogP) is 6.37. The van der Waals surface area contributed by atoms with Crippen LogP contribution in [-0.4, -0.2) is 88.0 Å². The van der Waals surface area contributed by atoms with E-state index < -0.39 is 17.7 Å². The fourth-order valence-electron chi connectivity index (χ4n) is 7.64. The van der Waals surface area contributed by atoms with Crippen LogP contribution in [-0.2, 0) is 32.5 Å². The Morgan fingerprint density at radius 3 is 2.40 bits per heavy atom. The highest BCUT2D eigenvalue weighted by Gasteiger charge is 2.54. The van der Waals surface area contributed by atoms with Crippen LogP contribution in [0.25, 0.3) is 10.9 Å². The average Bonchev–Trinajstić information content (AvgIpc) is 3.85. The number of hydrogen-bond donors (Lipinski definition) is 2. The van der Waals surface area contributed by atoms with Crippen LogP contribution in [0.1, 0.15) is 67.8 Å². The highest BCUT2D eigenvalue weighted by molar-refractivity contribution is 6.36. The molecule has 1 aromatic heterocycles. The summed E-state index contributed by atoms with van der Waals surface area (Å²) in [6.45, 7) is 5.15. The highest BCUT2D eigenvalue weighted by Crippen LogP contribution is 2.39. The number of aromatic nitrogens is 1. The number of fused-ring (bicyclic) bond motifs is 1. The van der Waals surface area contributed by atoms with Crippen molar-refractivity contribution < 1.29 is 29.0 Å². The molecule has 12 heteroatoms. The minimum absolute atomic E-state index is 0.0150. The zero-order valence-electron chi connectivity index (χ0n) is 27.6. The number of benzene rings is 2. The normalized spacial score (nSPS) is 23.4. The first kappa shape index (κ1) is 34.9. The van der Waals surface area contributed by atoms with E-state index in [2.05, 4.69) is 15.1 Å². The minimum atomic E-state index is -1.35. The summed E-state index contributed by atoms with van der Waals surface area (Å²) in [5.74, 6) is -2.98. The number of Topliss-reactive ketones (excluding diaryl/α,β-unsaturated/α-hetero) is 1. The molecule has 48 heavy (non-hydrogen) atoms. The number of carbonyl (C=O) groups is 3. The lowest BCUT2D eigenvalue weighted by Gasteiger charge is -2.48. The van der Waals surface area contributed by atoms with Crippen molar-refractivity contribution in [3.05, 3.63) is 63.8 Å². The van der Waals surface area contributed by atoms with Crippen molar-refractivity contribution in [1.29, 1.82) is 0 Å². The van der Waals surface area contributed by atoms with Gasteiger partial charge in [-0.05, 0) is 75.6 Å². The maximum atomic E-state index is 14.8. The van der Waals surface area contributed by atoms with E-state index in [1.165, 1.54) is 0 Å².